The van der Waals surface area contributed by atoms with Gasteiger partial charge in [0.05, 0.1) is 28.3 Å². The summed E-state index contributed by atoms with van der Waals surface area (Å²) < 4.78 is 50.7. The van der Waals surface area contributed by atoms with Crippen molar-refractivity contribution >= 4 is 44.3 Å². The van der Waals surface area contributed by atoms with Gasteiger partial charge in [-0.2, -0.15) is 18.3 Å². The van der Waals surface area contributed by atoms with Gasteiger partial charge in [-0.25, -0.2) is 0 Å². The molecular formula is C26H19BrF3N3O4. The van der Waals surface area contributed by atoms with Crippen LogP contribution >= 0.6 is 15.9 Å². The summed E-state index contributed by atoms with van der Waals surface area (Å²) in [4.78, 5) is 10.3. The van der Waals surface area contributed by atoms with Crippen LogP contribution in [0.2, 0.25) is 0 Å². The number of hydrazone groups is 1. The number of nitro groups is 1. The maximum absolute atomic E-state index is 12.9. The second-order valence-electron chi connectivity index (χ2n) is 7.86. The second-order valence-corrected chi connectivity index (χ2v) is 8.72. The molecule has 0 aromatic heterocycles. The van der Waals surface area contributed by atoms with E-state index in [1.165, 1.54) is 13.3 Å². The average molecular weight is 574 g/mol. The predicted octanol–water partition coefficient (Wildman–Crippen LogP) is 7.56. The van der Waals surface area contributed by atoms with Gasteiger partial charge in [-0.3, -0.25) is 15.5 Å². The van der Waals surface area contributed by atoms with E-state index in [2.05, 4.69) is 26.5 Å². The normalized spacial score (nSPS) is 11.6. The number of ether oxygens (including phenoxy) is 2. The van der Waals surface area contributed by atoms with Crippen LogP contribution < -0.4 is 14.9 Å². The Morgan fingerprint density at radius 2 is 1.81 bits per heavy atom. The maximum atomic E-state index is 12.9. The van der Waals surface area contributed by atoms with E-state index in [1.54, 1.807) is 12.1 Å². The highest BCUT2D eigenvalue weighted by molar-refractivity contribution is 9.10. The minimum absolute atomic E-state index is 0.185. The van der Waals surface area contributed by atoms with Crippen LogP contribution in [0.25, 0.3) is 10.8 Å². The Morgan fingerprint density at radius 3 is 2.51 bits per heavy atom. The minimum Gasteiger partial charge on any atom is -0.493 e. The third-order valence-corrected chi connectivity index (χ3v) is 5.96. The van der Waals surface area contributed by atoms with Crippen LogP contribution in [0, 0.1) is 10.1 Å². The van der Waals surface area contributed by atoms with Crippen LogP contribution in [-0.2, 0) is 12.8 Å². The number of hydrogen-bond acceptors (Lipinski definition) is 6. The molecular weight excluding hydrogens is 555 g/mol. The topological polar surface area (TPSA) is 86.0 Å². The molecule has 1 N–H and O–H groups in total. The summed E-state index contributed by atoms with van der Waals surface area (Å²) in [5, 5.41) is 17.4. The molecule has 190 valence electrons. The molecule has 4 rings (SSSR count). The Hall–Kier alpha value is -4.12. The van der Waals surface area contributed by atoms with Crippen molar-refractivity contribution in [3.63, 3.8) is 0 Å². The fourth-order valence-electron chi connectivity index (χ4n) is 3.57. The SMILES string of the molecule is COc1cc(/C=N\Nc2ccc(C(F)(F)F)cc2[N+](=O)[O-])cc(Br)c1OCc1ccc2ccccc2c1. The van der Waals surface area contributed by atoms with E-state index in [0.717, 1.165) is 28.5 Å². The molecule has 0 radical (unpaired) electrons. The number of nitrogens with zero attached hydrogens (tertiary/aromatic N) is 2. The molecule has 0 bridgehead atoms. The van der Waals surface area contributed by atoms with Crippen LogP contribution in [0.1, 0.15) is 16.7 Å². The largest absolute Gasteiger partial charge is 0.493 e. The number of rotatable bonds is 8. The Morgan fingerprint density at radius 1 is 1.05 bits per heavy atom. The van der Waals surface area contributed by atoms with E-state index < -0.39 is 22.4 Å². The molecule has 0 aliphatic rings. The Labute approximate surface area is 217 Å². The lowest BCUT2D eigenvalue weighted by Gasteiger charge is -2.14. The first-order chi connectivity index (χ1) is 17.7. The van der Waals surface area contributed by atoms with Crippen LogP contribution in [0.4, 0.5) is 24.5 Å². The Balaban J connectivity index is 1.50. The van der Waals surface area contributed by atoms with Gasteiger partial charge in [0.15, 0.2) is 11.5 Å². The summed E-state index contributed by atoms with van der Waals surface area (Å²) in [6, 6.07) is 19.6. The monoisotopic (exact) mass is 573 g/mol. The molecule has 7 nitrogen and oxygen atoms in total. The highest BCUT2D eigenvalue weighted by atomic mass is 79.9. The molecule has 37 heavy (non-hydrogen) atoms. The summed E-state index contributed by atoms with van der Waals surface area (Å²) in [5.74, 6) is 0.885. The molecule has 0 aliphatic carbocycles. The van der Waals surface area contributed by atoms with E-state index in [-0.39, 0.29) is 5.69 Å². The van der Waals surface area contributed by atoms with E-state index in [9.17, 15) is 23.3 Å². The van der Waals surface area contributed by atoms with Gasteiger partial charge in [-0.1, -0.05) is 36.4 Å². The van der Waals surface area contributed by atoms with Gasteiger partial charge < -0.3 is 9.47 Å². The van der Waals surface area contributed by atoms with E-state index in [4.69, 9.17) is 9.47 Å². The van der Waals surface area contributed by atoms with Gasteiger partial charge in [-0.15, -0.1) is 0 Å². The van der Waals surface area contributed by atoms with E-state index in [1.807, 2.05) is 42.5 Å². The van der Waals surface area contributed by atoms with Crippen LogP contribution in [0.3, 0.4) is 0 Å². The molecule has 0 aliphatic heterocycles. The molecule has 4 aromatic carbocycles. The fourth-order valence-corrected chi connectivity index (χ4v) is 4.14. The number of anilines is 1. The van der Waals surface area contributed by atoms with Crippen molar-refractivity contribution in [2.45, 2.75) is 12.8 Å². The van der Waals surface area contributed by atoms with Crippen molar-refractivity contribution in [1.29, 1.82) is 0 Å². The molecule has 11 heteroatoms. The second kappa shape index (κ2) is 10.9. The van der Waals surface area contributed by atoms with Crippen LogP contribution in [0.5, 0.6) is 11.5 Å². The van der Waals surface area contributed by atoms with Crippen molar-refractivity contribution in [2.75, 3.05) is 12.5 Å². The van der Waals surface area contributed by atoms with Crippen molar-refractivity contribution in [1.82, 2.24) is 0 Å². The van der Waals surface area contributed by atoms with Gasteiger partial charge in [0, 0.05) is 6.07 Å². The predicted molar refractivity (Wildman–Crippen MR) is 138 cm³/mol. The molecule has 0 amide bonds. The third-order valence-electron chi connectivity index (χ3n) is 5.37. The van der Waals surface area contributed by atoms with Crippen LogP contribution in [0.15, 0.2) is 82.4 Å². The summed E-state index contributed by atoms with van der Waals surface area (Å²) in [7, 11) is 1.48. The highest BCUT2D eigenvalue weighted by Crippen LogP contribution is 2.37. The molecule has 0 saturated carbocycles. The van der Waals surface area contributed by atoms with Crippen molar-refractivity contribution in [3.05, 3.63) is 104 Å². The summed E-state index contributed by atoms with van der Waals surface area (Å²) in [6.45, 7) is 0.298. The molecule has 0 fully saturated rings. The van der Waals surface area contributed by atoms with Gasteiger partial charge in [-0.05, 0) is 68.2 Å². The number of fused-ring (bicyclic) bond motifs is 1. The van der Waals surface area contributed by atoms with Crippen molar-refractivity contribution in [3.8, 4) is 11.5 Å². The quantitative estimate of drug-likeness (QED) is 0.133. The number of hydrogen-bond donors (Lipinski definition) is 1. The van der Waals surface area contributed by atoms with E-state index in [0.29, 0.717) is 34.2 Å². The molecule has 0 atom stereocenters. The zero-order chi connectivity index (χ0) is 26.6. The van der Waals surface area contributed by atoms with Crippen molar-refractivity contribution in [2.24, 2.45) is 5.10 Å². The molecule has 0 heterocycles. The van der Waals surface area contributed by atoms with E-state index >= 15 is 0 Å². The summed E-state index contributed by atoms with van der Waals surface area (Å²) >= 11 is 3.46. The number of halogens is 4. The zero-order valence-electron chi connectivity index (χ0n) is 19.3. The number of nitro benzene ring substituents is 1. The Kier molecular flexibility index (Phi) is 7.63. The lowest BCUT2D eigenvalue weighted by Crippen LogP contribution is -2.06. The highest BCUT2D eigenvalue weighted by Gasteiger charge is 2.33. The number of alkyl halides is 3. The molecule has 0 unspecified atom stereocenters. The first-order valence-corrected chi connectivity index (χ1v) is 11.6. The molecule has 0 saturated heterocycles. The zero-order valence-corrected chi connectivity index (χ0v) is 20.8. The minimum atomic E-state index is -4.70. The number of methoxy groups -OCH3 is 1. The van der Waals surface area contributed by atoms with Crippen LogP contribution in [-0.4, -0.2) is 18.2 Å². The first-order valence-electron chi connectivity index (χ1n) is 10.8. The Bertz CT molecular complexity index is 1490. The third kappa shape index (κ3) is 6.18. The van der Waals surface area contributed by atoms with Gasteiger partial charge in [0.2, 0.25) is 0 Å². The molecule has 4 aromatic rings. The number of benzene rings is 4. The maximum Gasteiger partial charge on any atom is 0.416 e. The average Bonchev–Trinajstić information content (AvgIpc) is 2.87. The molecule has 0 spiro atoms. The summed E-state index contributed by atoms with van der Waals surface area (Å²) in [6.07, 6.45) is -3.35. The van der Waals surface area contributed by atoms with Gasteiger partial charge >= 0.3 is 6.18 Å². The van der Waals surface area contributed by atoms with Gasteiger partial charge in [0.25, 0.3) is 5.69 Å². The lowest BCUT2D eigenvalue weighted by atomic mass is 10.1. The standard InChI is InChI=1S/C26H19BrF3N3O4/c1-36-24-12-17(14-31-32-22-9-8-20(26(28,29)30)13-23(22)33(34)35)11-21(27)25(24)37-15-16-6-7-18-4-2-3-5-19(18)10-16/h2-14,32H,15H2,1H3/b31-14-. The summed E-state index contributed by atoms with van der Waals surface area (Å²) in [5.41, 5.74) is 1.89. The fraction of sp³-hybridized carbons (Fsp3) is 0.115. The van der Waals surface area contributed by atoms with Gasteiger partial charge in [0.1, 0.15) is 12.3 Å². The first kappa shape index (κ1) is 26.0. The van der Waals surface area contributed by atoms with Crippen molar-refractivity contribution < 1.29 is 27.6 Å². The smallest absolute Gasteiger partial charge is 0.416 e. The lowest BCUT2D eigenvalue weighted by molar-refractivity contribution is -0.384. The number of nitrogens with one attached hydrogen (secondary N) is 1.